The van der Waals surface area contributed by atoms with Crippen molar-refractivity contribution in [3.63, 3.8) is 0 Å². The van der Waals surface area contributed by atoms with Gasteiger partial charge in [0.1, 0.15) is 0 Å². The molecule has 0 aromatic heterocycles. The summed E-state index contributed by atoms with van der Waals surface area (Å²) in [5.74, 6) is 0. The molecule has 0 bridgehead atoms. The number of nitrogens with zero attached hydrogens (tertiary/aromatic N) is 2. The molecule has 0 spiro atoms. The number of hydrogen-bond donors (Lipinski definition) is 0. The van der Waals surface area contributed by atoms with E-state index in [4.69, 9.17) is 0 Å². The SMILES string of the molecule is CCCCCCCCCCCCCCCCCCCN1C=CN(CC)C1C. The maximum absolute atomic E-state index is 2.49. The first kappa shape index (κ1) is 24.4. The van der Waals surface area contributed by atoms with Crippen LogP contribution >= 0.6 is 0 Å². The van der Waals surface area contributed by atoms with E-state index in [9.17, 15) is 0 Å². The summed E-state index contributed by atoms with van der Waals surface area (Å²) in [4.78, 5) is 4.91. The summed E-state index contributed by atoms with van der Waals surface area (Å²) in [6.07, 6.45) is 29.7. The van der Waals surface area contributed by atoms with Crippen LogP contribution in [0.2, 0.25) is 0 Å². The Morgan fingerprint density at radius 1 is 0.519 bits per heavy atom. The highest BCUT2D eigenvalue weighted by Crippen LogP contribution is 2.17. The Morgan fingerprint density at radius 2 is 0.889 bits per heavy atom. The first-order valence-corrected chi connectivity index (χ1v) is 12.5. The average molecular weight is 379 g/mol. The lowest BCUT2D eigenvalue weighted by atomic mass is 10.0. The van der Waals surface area contributed by atoms with Crippen LogP contribution in [0.4, 0.5) is 0 Å². The summed E-state index contributed by atoms with van der Waals surface area (Å²) >= 11 is 0. The molecule has 1 atom stereocenters. The fourth-order valence-electron chi connectivity index (χ4n) is 4.26. The van der Waals surface area contributed by atoms with Crippen molar-refractivity contribution in [2.75, 3.05) is 13.1 Å². The quantitative estimate of drug-likeness (QED) is 0.209. The van der Waals surface area contributed by atoms with Crippen LogP contribution in [0, 0.1) is 0 Å². The minimum Gasteiger partial charge on any atom is -0.357 e. The van der Waals surface area contributed by atoms with Gasteiger partial charge in [-0.05, 0) is 20.3 Å². The van der Waals surface area contributed by atoms with Gasteiger partial charge < -0.3 is 9.80 Å². The second-order valence-electron chi connectivity index (χ2n) is 8.66. The van der Waals surface area contributed by atoms with Crippen molar-refractivity contribution in [3.8, 4) is 0 Å². The molecular formula is C25H50N2. The third kappa shape index (κ3) is 12.4. The minimum atomic E-state index is 0.566. The van der Waals surface area contributed by atoms with Gasteiger partial charge in [-0.2, -0.15) is 0 Å². The van der Waals surface area contributed by atoms with Crippen molar-refractivity contribution in [2.45, 2.75) is 136 Å². The van der Waals surface area contributed by atoms with E-state index in [1.54, 1.807) is 0 Å². The van der Waals surface area contributed by atoms with Gasteiger partial charge in [0.2, 0.25) is 0 Å². The van der Waals surface area contributed by atoms with Gasteiger partial charge in [0.05, 0.1) is 6.17 Å². The Labute approximate surface area is 171 Å². The highest BCUT2D eigenvalue weighted by Gasteiger charge is 2.19. The topological polar surface area (TPSA) is 6.48 Å². The molecule has 2 heteroatoms. The molecule has 0 fully saturated rings. The van der Waals surface area contributed by atoms with Crippen LogP contribution in [0.5, 0.6) is 0 Å². The predicted molar refractivity (Wildman–Crippen MR) is 122 cm³/mol. The Hall–Kier alpha value is -0.660. The standard InChI is InChI=1S/C25H50N2/c1-4-6-7-8-9-10-11-12-13-14-15-16-17-18-19-20-21-22-27-24-23-26(5-2)25(27)3/h23-25H,4-22H2,1-3H3. The summed E-state index contributed by atoms with van der Waals surface area (Å²) in [6.45, 7) is 9.20. The van der Waals surface area contributed by atoms with E-state index < -0.39 is 0 Å². The van der Waals surface area contributed by atoms with Gasteiger partial charge in [0.15, 0.2) is 0 Å². The van der Waals surface area contributed by atoms with Crippen molar-refractivity contribution in [2.24, 2.45) is 0 Å². The van der Waals surface area contributed by atoms with Crippen LogP contribution in [0.3, 0.4) is 0 Å². The highest BCUT2D eigenvalue weighted by molar-refractivity contribution is 4.94. The van der Waals surface area contributed by atoms with E-state index in [1.165, 1.54) is 116 Å². The summed E-state index contributed by atoms with van der Waals surface area (Å²) in [7, 11) is 0. The molecule has 1 aliphatic heterocycles. The van der Waals surface area contributed by atoms with Crippen LogP contribution < -0.4 is 0 Å². The Bertz CT molecular complexity index is 339. The first-order chi connectivity index (χ1) is 13.3. The van der Waals surface area contributed by atoms with Gasteiger partial charge in [-0.1, -0.05) is 110 Å². The molecule has 0 saturated heterocycles. The van der Waals surface area contributed by atoms with Gasteiger partial charge in [0.25, 0.3) is 0 Å². The lowest BCUT2D eigenvalue weighted by Gasteiger charge is -2.28. The Kier molecular flexibility index (Phi) is 15.7. The number of rotatable bonds is 19. The highest BCUT2D eigenvalue weighted by atomic mass is 15.4. The second-order valence-corrected chi connectivity index (χ2v) is 8.66. The fourth-order valence-corrected chi connectivity index (χ4v) is 4.26. The molecule has 0 aromatic carbocycles. The molecule has 0 radical (unpaired) electrons. The van der Waals surface area contributed by atoms with E-state index in [0.717, 1.165) is 6.54 Å². The molecule has 1 heterocycles. The molecule has 160 valence electrons. The Morgan fingerprint density at radius 3 is 1.26 bits per heavy atom. The average Bonchev–Trinajstić information content (AvgIpc) is 3.04. The number of hydrogen-bond acceptors (Lipinski definition) is 2. The van der Waals surface area contributed by atoms with Crippen molar-refractivity contribution >= 4 is 0 Å². The molecular weight excluding hydrogens is 328 g/mol. The summed E-state index contributed by atoms with van der Waals surface area (Å²) in [6, 6.07) is 0. The van der Waals surface area contributed by atoms with Crippen LogP contribution in [0.25, 0.3) is 0 Å². The second kappa shape index (κ2) is 17.4. The van der Waals surface area contributed by atoms with Crippen LogP contribution in [0.1, 0.15) is 130 Å². The first-order valence-electron chi connectivity index (χ1n) is 12.5. The van der Waals surface area contributed by atoms with Crippen molar-refractivity contribution < 1.29 is 0 Å². The molecule has 1 aliphatic rings. The summed E-state index contributed by atoms with van der Waals surface area (Å²) in [5, 5.41) is 0. The molecule has 0 aliphatic carbocycles. The van der Waals surface area contributed by atoms with E-state index in [2.05, 4.69) is 43.0 Å². The lowest BCUT2D eigenvalue weighted by molar-refractivity contribution is 0.173. The smallest absolute Gasteiger partial charge is 0.0977 e. The molecule has 0 saturated carbocycles. The Balaban J connectivity index is 1.73. The van der Waals surface area contributed by atoms with E-state index in [1.807, 2.05) is 0 Å². The van der Waals surface area contributed by atoms with E-state index >= 15 is 0 Å². The van der Waals surface area contributed by atoms with E-state index in [0.29, 0.717) is 6.17 Å². The van der Waals surface area contributed by atoms with Gasteiger partial charge in [-0.3, -0.25) is 0 Å². The zero-order valence-electron chi connectivity index (χ0n) is 19.1. The van der Waals surface area contributed by atoms with E-state index in [-0.39, 0.29) is 0 Å². The third-order valence-electron chi connectivity index (χ3n) is 6.29. The molecule has 0 aromatic rings. The molecule has 27 heavy (non-hydrogen) atoms. The zero-order valence-corrected chi connectivity index (χ0v) is 19.1. The predicted octanol–water partition coefficient (Wildman–Crippen LogP) is 8.09. The third-order valence-corrected chi connectivity index (χ3v) is 6.29. The fraction of sp³-hybridized carbons (Fsp3) is 0.920. The zero-order chi connectivity index (χ0) is 19.6. The normalized spacial score (nSPS) is 16.6. The van der Waals surface area contributed by atoms with Crippen molar-refractivity contribution in [3.05, 3.63) is 12.4 Å². The van der Waals surface area contributed by atoms with Crippen LogP contribution in [-0.2, 0) is 0 Å². The van der Waals surface area contributed by atoms with Crippen LogP contribution in [-0.4, -0.2) is 29.1 Å². The molecule has 1 unspecified atom stereocenters. The monoisotopic (exact) mass is 378 g/mol. The summed E-state index contributed by atoms with van der Waals surface area (Å²) < 4.78 is 0. The van der Waals surface area contributed by atoms with Gasteiger partial charge in [0, 0.05) is 25.5 Å². The molecule has 0 amide bonds. The van der Waals surface area contributed by atoms with Crippen LogP contribution in [0.15, 0.2) is 12.4 Å². The van der Waals surface area contributed by atoms with Gasteiger partial charge in [-0.25, -0.2) is 0 Å². The molecule has 1 rings (SSSR count). The molecule has 0 N–H and O–H groups in total. The maximum Gasteiger partial charge on any atom is 0.0977 e. The van der Waals surface area contributed by atoms with Gasteiger partial charge in [-0.15, -0.1) is 0 Å². The largest absolute Gasteiger partial charge is 0.357 e. The molecule has 2 nitrogen and oxygen atoms in total. The maximum atomic E-state index is 2.49. The van der Waals surface area contributed by atoms with Crippen molar-refractivity contribution in [1.29, 1.82) is 0 Å². The summed E-state index contributed by atoms with van der Waals surface area (Å²) in [5.41, 5.74) is 0. The van der Waals surface area contributed by atoms with Crippen molar-refractivity contribution in [1.82, 2.24) is 9.80 Å². The lowest BCUT2D eigenvalue weighted by Crippen LogP contribution is -2.36. The minimum absolute atomic E-state index is 0.566. The van der Waals surface area contributed by atoms with Gasteiger partial charge >= 0.3 is 0 Å². The number of unbranched alkanes of at least 4 members (excludes halogenated alkanes) is 16.